The average Bonchev–Trinajstić information content (AvgIpc) is 3.00. The lowest BCUT2D eigenvalue weighted by atomic mass is 9.71. The molecule has 0 nitrogen and oxygen atoms in total. The molecule has 0 aromatic heterocycles. The van der Waals surface area contributed by atoms with Gasteiger partial charge in [-0.05, 0) is 116 Å². The highest BCUT2D eigenvalue weighted by molar-refractivity contribution is 5.74. The van der Waals surface area contributed by atoms with Crippen molar-refractivity contribution in [3.63, 3.8) is 0 Å². The van der Waals surface area contributed by atoms with Crippen LogP contribution >= 0.6 is 0 Å². The Morgan fingerprint density at radius 2 is 1.44 bits per heavy atom. The predicted molar refractivity (Wildman–Crippen MR) is 166 cm³/mol. The summed E-state index contributed by atoms with van der Waals surface area (Å²) < 4.78 is 44.9. The molecule has 0 bridgehead atoms. The van der Waals surface area contributed by atoms with Gasteiger partial charge in [-0.15, -0.1) is 0 Å². The number of benzene rings is 3. The second kappa shape index (κ2) is 13.7. The number of aryl methyl sites for hydroxylation is 1. The van der Waals surface area contributed by atoms with E-state index < -0.39 is 11.6 Å². The fraction of sp³-hybridized carbons (Fsp3) is 0.421. The molecule has 5 rings (SSSR count). The van der Waals surface area contributed by atoms with Crippen LogP contribution < -0.4 is 0 Å². The van der Waals surface area contributed by atoms with Crippen LogP contribution in [0.3, 0.4) is 0 Å². The minimum Gasteiger partial charge on any atom is -0.206 e. The Kier molecular flexibility index (Phi) is 9.85. The van der Waals surface area contributed by atoms with Crippen molar-refractivity contribution in [2.24, 2.45) is 17.8 Å². The number of rotatable bonds is 9. The topological polar surface area (TPSA) is 0 Å². The van der Waals surface area contributed by atoms with Gasteiger partial charge in [-0.1, -0.05) is 86.5 Å². The summed E-state index contributed by atoms with van der Waals surface area (Å²) in [7, 11) is 0. The van der Waals surface area contributed by atoms with Crippen molar-refractivity contribution in [2.75, 3.05) is 0 Å². The molecule has 3 heteroatoms. The molecule has 2 aliphatic rings. The fourth-order valence-electron chi connectivity index (χ4n) is 6.98. The van der Waals surface area contributed by atoms with Crippen LogP contribution in [0, 0.1) is 35.2 Å². The maximum Gasteiger partial charge on any atom is 0.166 e. The molecule has 1 unspecified atom stereocenters. The predicted octanol–water partition coefficient (Wildman–Crippen LogP) is 11.7. The molecule has 0 heterocycles. The Labute approximate surface area is 244 Å². The molecule has 3 aromatic carbocycles. The lowest BCUT2D eigenvalue weighted by Gasteiger charge is -2.35. The normalized spacial score (nSPS) is 21.3. The molecular formula is C38H43F3. The Bertz CT molecular complexity index is 1370. The molecule has 3 aromatic rings. The van der Waals surface area contributed by atoms with Crippen molar-refractivity contribution >= 4 is 5.57 Å². The first-order valence-electron chi connectivity index (χ1n) is 15.7. The van der Waals surface area contributed by atoms with E-state index in [-0.39, 0.29) is 11.4 Å². The van der Waals surface area contributed by atoms with E-state index in [1.807, 2.05) is 24.3 Å². The van der Waals surface area contributed by atoms with Gasteiger partial charge in [0, 0.05) is 11.1 Å². The van der Waals surface area contributed by atoms with Gasteiger partial charge in [-0.2, -0.15) is 0 Å². The molecule has 41 heavy (non-hydrogen) atoms. The molecular weight excluding hydrogens is 513 g/mol. The largest absolute Gasteiger partial charge is 0.206 e. The third kappa shape index (κ3) is 6.88. The molecule has 0 aliphatic heterocycles. The maximum absolute atomic E-state index is 15.3. The summed E-state index contributed by atoms with van der Waals surface area (Å²) in [5.41, 5.74) is 4.76. The maximum atomic E-state index is 15.3. The summed E-state index contributed by atoms with van der Waals surface area (Å²) in [4.78, 5) is 0. The zero-order valence-corrected chi connectivity index (χ0v) is 24.6. The number of hydrogen-bond donors (Lipinski definition) is 0. The van der Waals surface area contributed by atoms with E-state index in [1.165, 1.54) is 25.7 Å². The van der Waals surface area contributed by atoms with E-state index >= 15 is 4.39 Å². The van der Waals surface area contributed by atoms with E-state index in [2.05, 4.69) is 32.1 Å². The minimum atomic E-state index is -0.800. The molecule has 0 spiro atoms. The molecule has 0 radical (unpaired) electrons. The summed E-state index contributed by atoms with van der Waals surface area (Å²) in [5.74, 6) is 0.535. The molecule has 1 saturated carbocycles. The van der Waals surface area contributed by atoms with Crippen molar-refractivity contribution in [2.45, 2.75) is 84.5 Å². The molecule has 2 aliphatic carbocycles. The second-order valence-electron chi connectivity index (χ2n) is 12.1. The lowest BCUT2D eigenvalue weighted by Crippen LogP contribution is -2.22. The Balaban J connectivity index is 1.24. The van der Waals surface area contributed by atoms with Crippen LogP contribution in [0.15, 0.2) is 72.8 Å². The lowest BCUT2D eigenvalue weighted by molar-refractivity contribution is 0.212. The highest BCUT2D eigenvalue weighted by Gasteiger charge is 2.28. The number of unbranched alkanes of at least 4 members (excludes halogenated alkanes) is 2. The third-order valence-electron chi connectivity index (χ3n) is 9.46. The first-order chi connectivity index (χ1) is 20.0. The van der Waals surface area contributed by atoms with Gasteiger partial charge in [0.25, 0.3) is 0 Å². The summed E-state index contributed by atoms with van der Waals surface area (Å²) in [6.07, 6.45) is 18.6. The van der Waals surface area contributed by atoms with Crippen LogP contribution in [-0.2, 0) is 6.42 Å². The standard InChI is InChI=1S/C38H43F3/c1-3-5-6-8-32-21-24-35(38(41)37(32)40)31-19-15-29(16-20-31)33-22-23-34(36(39)25-33)30-17-13-28(14-18-30)27-11-9-26(7-4-2)10-12-27/h4,7,15-17,19-28H,3,5-6,8-14,18H2,1-2H3/b7-4+. The highest BCUT2D eigenvalue weighted by Crippen LogP contribution is 2.42. The van der Waals surface area contributed by atoms with Gasteiger partial charge in [0.15, 0.2) is 11.6 Å². The van der Waals surface area contributed by atoms with Crippen LogP contribution in [0.5, 0.6) is 0 Å². The Hall–Kier alpha value is -3.07. The quantitative estimate of drug-likeness (QED) is 0.182. The summed E-state index contributed by atoms with van der Waals surface area (Å²) in [5, 5.41) is 0. The fourth-order valence-corrected chi connectivity index (χ4v) is 6.98. The van der Waals surface area contributed by atoms with Gasteiger partial charge in [0.05, 0.1) is 0 Å². The smallest absolute Gasteiger partial charge is 0.166 e. The van der Waals surface area contributed by atoms with Gasteiger partial charge in [-0.25, -0.2) is 13.2 Å². The zero-order chi connectivity index (χ0) is 28.8. The van der Waals surface area contributed by atoms with Crippen LogP contribution in [-0.4, -0.2) is 0 Å². The van der Waals surface area contributed by atoms with E-state index in [0.29, 0.717) is 23.1 Å². The van der Waals surface area contributed by atoms with E-state index in [0.717, 1.165) is 73.0 Å². The summed E-state index contributed by atoms with van der Waals surface area (Å²) in [6, 6.07) is 16.1. The Morgan fingerprint density at radius 3 is 2.10 bits per heavy atom. The van der Waals surface area contributed by atoms with Gasteiger partial charge < -0.3 is 0 Å². The summed E-state index contributed by atoms with van der Waals surface area (Å²) >= 11 is 0. The number of allylic oxidation sites excluding steroid dienone is 4. The monoisotopic (exact) mass is 556 g/mol. The number of hydrogen-bond acceptors (Lipinski definition) is 0. The molecule has 216 valence electrons. The van der Waals surface area contributed by atoms with Gasteiger partial charge in [0.2, 0.25) is 0 Å². The summed E-state index contributed by atoms with van der Waals surface area (Å²) in [6.45, 7) is 4.20. The van der Waals surface area contributed by atoms with Crippen LogP contribution in [0.4, 0.5) is 13.2 Å². The van der Waals surface area contributed by atoms with E-state index in [4.69, 9.17) is 0 Å². The zero-order valence-electron chi connectivity index (χ0n) is 24.6. The average molecular weight is 557 g/mol. The molecule has 0 amide bonds. The number of halogens is 3. The molecule has 1 fully saturated rings. The van der Waals surface area contributed by atoms with E-state index in [1.54, 1.807) is 30.3 Å². The second-order valence-corrected chi connectivity index (χ2v) is 12.1. The van der Waals surface area contributed by atoms with Gasteiger partial charge >= 0.3 is 0 Å². The third-order valence-corrected chi connectivity index (χ3v) is 9.46. The van der Waals surface area contributed by atoms with Crippen LogP contribution in [0.1, 0.15) is 89.2 Å². The van der Waals surface area contributed by atoms with Crippen molar-refractivity contribution in [3.8, 4) is 22.3 Å². The Morgan fingerprint density at radius 1 is 0.732 bits per heavy atom. The van der Waals surface area contributed by atoms with Gasteiger partial charge in [-0.3, -0.25) is 0 Å². The van der Waals surface area contributed by atoms with Gasteiger partial charge in [0.1, 0.15) is 5.82 Å². The first kappa shape index (κ1) is 29.4. The molecule has 0 N–H and O–H groups in total. The van der Waals surface area contributed by atoms with Crippen molar-refractivity contribution in [1.29, 1.82) is 0 Å². The van der Waals surface area contributed by atoms with Crippen molar-refractivity contribution in [1.82, 2.24) is 0 Å². The first-order valence-corrected chi connectivity index (χ1v) is 15.7. The van der Waals surface area contributed by atoms with Crippen LogP contribution in [0.2, 0.25) is 0 Å². The van der Waals surface area contributed by atoms with Crippen molar-refractivity contribution in [3.05, 3.63) is 101 Å². The SMILES string of the molecule is C/C=C/C1CCC(C2CC=C(c3ccc(-c4ccc(-c5ccc(CCCCC)c(F)c5F)cc4)cc3F)CC2)CC1. The van der Waals surface area contributed by atoms with E-state index in [9.17, 15) is 8.78 Å². The van der Waals surface area contributed by atoms with Crippen molar-refractivity contribution < 1.29 is 13.2 Å². The molecule has 1 atom stereocenters. The highest BCUT2D eigenvalue weighted by atomic mass is 19.2. The van der Waals surface area contributed by atoms with Crippen LogP contribution in [0.25, 0.3) is 27.8 Å². The molecule has 0 saturated heterocycles. The minimum absolute atomic E-state index is 0.199.